The number of carbonyl (C=O) groups excluding carboxylic acids is 1. The average Bonchev–Trinajstić information content (AvgIpc) is 3.30. The van der Waals surface area contributed by atoms with Crippen molar-refractivity contribution < 1.29 is 33.2 Å². The van der Waals surface area contributed by atoms with Gasteiger partial charge in [0.25, 0.3) is 5.56 Å². The highest BCUT2D eigenvalue weighted by molar-refractivity contribution is 5.88. The Morgan fingerprint density at radius 1 is 0.949 bits per heavy atom. The second-order valence-electron chi connectivity index (χ2n) is 9.28. The minimum Gasteiger partial charge on any atom is -0.493 e. The van der Waals surface area contributed by atoms with E-state index < -0.39 is 29.5 Å². The van der Waals surface area contributed by atoms with Crippen molar-refractivity contribution in [3.8, 4) is 11.5 Å². The molecular weight excluding hydrogens is 512 g/mol. The summed E-state index contributed by atoms with van der Waals surface area (Å²) in [5.41, 5.74) is -1.38. The number of hydrogen-bond donors (Lipinski definition) is 1. The van der Waals surface area contributed by atoms with E-state index in [1.807, 2.05) is 27.7 Å². The van der Waals surface area contributed by atoms with Gasteiger partial charge in [-0.3, -0.25) is 9.59 Å². The molecule has 13 nitrogen and oxygen atoms in total. The van der Waals surface area contributed by atoms with E-state index in [1.165, 1.54) is 19.2 Å². The van der Waals surface area contributed by atoms with Gasteiger partial charge in [0, 0.05) is 25.2 Å². The molecule has 3 rings (SSSR count). The number of nitrogens with zero attached hydrogens (tertiary/aromatic N) is 3. The van der Waals surface area contributed by atoms with E-state index in [1.54, 1.807) is 13.8 Å². The molecule has 1 aromatic carbocycles. The molecule has 39 heavy (non-hydrogen) atoms. The van der Waals surface area contributed by atoms with Gasteiger partial charge in [-0.05, 0) is 33.8 Å². The van der Waals surface area contributed by atoms with Crippen LogP contribution in [-0.2, 0) is 18.9 Å². The third-order valence-corrected chi connectivity index (χ3v) is 5.51. The largest absolute Gasteiger partial charge is 0.510 e. The Labute approximate surface area is 225 Å². The van der Waals surface area contributed by atoms with Crippen LogP contribution >= 0.6 is 0 Å². The zero-order valence-electron chi connectivity index (χ0n) is 23.3. The Bertz CT molecular complexity index is 1390. The molecule has 0 aliphatic carbocycles. The molecule has 214 valence electrons. The lowest BCUT2D eigenvalue weighted by molar-refractivity contribution is -0.0809. The maximum atomic E-state index is 13.5. The maximum absolute atomic E-state index is 13.5. The quantitative estimate of drug-likeness (QED) is 0.313. The number of rotatable bonds is 13. The number of aromatic nitrogens is 4. The summed E-state index contributed by atoms with van der Waals surface area (Å²) in [5, 5.41) is 8.64. The Balaban J connectivity index is 2.02. The zero-order valence-corrected chi connectivity index (χ0v) is 23.3. The van der Waals surface area contributed by atoms with Crippen molar-refractivity contribution in [1.29, 1.82) is 0 Å². The van der Waals surface area contributed by atoms with Gasteiger partial charge in [0.1, 0.15) is 0 Å². The first-order valence-electron chi connectivity index (χ1n) is 12.8. The minimum absolute atomic E-state index is 0.133. The first kappa shape index (κ1) is 29.8. The van der Waals surface area contributed by atoms with Crippen molar-refractivity contribution in [2.45, 2.75) is 60.0 Å². The number of nitrogens with one attached hydrogen (secondary N) is 1. The van der Waals surface area contributed by atoms with E-state index in [-0.39, 0.29) is 47.2 Å². The summed E-state index contributed by atoms with van der Waals surface area (Å²) in [5.74, 6) is 0.350. The van der Waals surface area contributed by atoms with Crippen LogP contribution in [0.5, 0.6) is 11.5 Å². The molecule has 1 atom stereocenters. The Morgan fingerprint density at radius 2 is 1.59 bits per heavy atom. The molecule has 0 fully saturated rings. The fraction of sp³-hybridized carbons (Fsp3) is 0.577. The second-order valence-corrected chi connectivity index (χ2v) is 9.28. The predicted octanol–water partition coefficient (Wildman–Crippen LogP) is 3.18. The number of fused-ring (bicyclic) bond motifs is 2. The van der Waals surface area contributed by atoms with E-state index in [2.05, 4.69) is 15.2 Å². The van der Waals surface area contributed by atoms with Crippen molar-refractivity contribution >= 4 is 28.1 Å². The second kappa shape index (κ2) is 13.4. The molecule has 0 amide bonds. The molecule has 0 bridgehead atoms. The number of hydrogen-bond acceptors (Lipinski definition) is 11. The van der Waals surface area contributed by atoms with Crippen molar-refractivity contribution in [3.63, 3.8) is 0 Å². The number of ether oxygens (including phenoxy) is 6. The molecule has 13 heteroatoms. The van der Waals surface area contributed by atoms with Crippen LogP contribution in [0.3, 0.4) is 0 Å². The minimum atomic E-state index is -1.07. The van der Waals surface area contributed by atoms with Crippen LogP contribution in [0.1, 0.15) is 47.8 Å². The van der Waals surface area contributed by atoms with Crippen molar-refractivity contribution in [3.05, 3.63) is 32.7 Å². The molecule has 3 aromatic rings. The molecule has 0 saturated heterocycles. The summed E-state index contributed by atoms with van der Waals surface area (Å²) < 4.78 is 32.8. The van der Waals surface area contributed by atoms with Gasteiger partial charge in [-0.1, -0.05) is 13.8 Å². The van der Waals surface area contributed by atoms with Crippen LogP contribution in [-0.4, -0.2) is 71.9 Å². The normalized spacial score (nSPS) is 12.5. The number of carbonyl (C=O) groups is 1. The average molecular weight is 549 g/mol. The first-order valence-corrected chi connectivity index (χ1v) is 12.8. The molecule has 1 N–H and O–H groups in total. The monoisotopic (exact) mass is 548 g/mol. The summed E-state index contributed by atoms with van der Waals surface area (Å²) in [6, 6.07) is 3.01. The summed E-state index contributed by atoms with van der Waals surface area (Å²) in [4.78, 5) is 42.9. The number of aromatic amines is 1. The van der Waals surface area contributed by atoms with Crippen molar-refractivity contribution in [2.75, 3.05) is 33.5 Å². The van der Waals surface area contributed by atoms with Gasteiger partial charge in [-0.25, -0.2) is 4.79 Å². The topological polar surface area (TPSA) is 153 Å². The number of H-pyrrole nitrogens is 1. The fourth-order valence-electron chi connectivity index (χ4n) is 3.73. The highest BCUT2D eigenvalue weighted by Gasteiger charge is 2.27. The summed E-state index contributed by atoms with van der Waals surface area (Å²) in [6.07, 6.45) is -2.93. The molecule has 0 aliphatic rings. The molecule has 0 spiro atoms. The molecule has 2 heterocycles. The van der Waals surface area contributed by atoms with Gasteiger partial charge in [-0.15, -0.1) is 15.0 Å². The van der Waals surface area contributed by atoms with Gasteiger partial charge in [-0.2, -0.15) is 0 Å². The highest BCUT2D eigenvalue weighted by atomic mass is 16.7. The highest BCUT2D eigenvalue weighted by Crippen LogP contribution is 2.31. The van der Waals surface area contributed by atoms with Gasteiger partial charge in [0.15, 0.2) is 28.6 Å². The van der Waals surface area contributed by atoms with E-state index in [9.17, 15) is 14.4 Å². The predicted molar refractivity (Wildman–Crippen MR) is 142 cm³/mol. The van der Waals surface area contributed by atoms with Crippen LogP contribution in [0.2, 0.25) is 0 Å². The maximum Gasteiger partial charge on any atom is 0.510 e. The van der Waals surface area contributed by atoms with Crippen LogP contribution in [0.4, 0.5) is 4.79 Å². The third-order valence-electron chi connectivity index (χ3n) is 5.51. The van der Waals surface area contributed by atoms with Gasteiger partial charge < -0.3 is 33.4 Å². The Kier molecular flexibility index (Phi) is 10.2. The molecule has 0 radical (unpaired) electrons. The lowest BCUT2D eigenvalue weighted by Gasteiger charge is -2.22. The summed E-state index contributed by atoms with van der Waals surface area (Å²) >= 11 is 0. The van der Waals surface area contributed by atoms with E-state index in [0.717, 1.165) is 4.80 Å². The summed E-state index contributed by atoms with van der Waals surface area (Å²) in [6.45, 7) is 12.0. The van der Waals surface area contributed by atoms with Crippen molar-refractivity contribution in [2.24, 2.45) is 5.92 Å². The van der Waals surface area contributed by atoms with Gasteiger partial charge in [0.05, 0.1) is 37.3 Å². The first-order chi connectivity index (χ1) is 18.6. The molecule has 0 aliphatic heterocycles. The van der Waals surface area contributed by atoms with Crippen LogP contribution in [0.25, 0.3) is 21.9 Å². The van der Waals surface area contributed by atoms with Crippen LogP contribution < -0.4 is 20.5 Å². The van der Waals surface area contributed by atoms with E-state index in [4.69, 9.17) is 28.4 Å². The smallest absolute Gasteiger partial charge is 0.493 e. The number of methoxy groups -OCH3 is 1. The SMILES string of the molecule is CCOCC(COCC)OC(=O)OC(C(C)C)n1nc2c(=O)[nH]c3cc(OC)c(OC(C)C)cc3c(=O)c2n1. The lowest BCUT2D eigenvalue weighted by Crippen LogP contribution is -2.31. The zero-order chi connectivity index (χ0) is 28.7. The standard InChI is InChI=1S/C26H36N4O9/c1-8-35-12-16(13-36-9-2)38-26(33)39-25(14(3)4)30-28-21-22(29-30)24(32)27-18-11-19(34-7)20(37-15(5)6)10-17(18)23(21)31/h10-11,14-16,25H,8-9,12-13H2,1-7H3,(H,27,32). The van der Waals surface area contributed by atoms with Crippen LogP contribution in [0.15, 0.2) is 21.7 Å². The van der Waals surface area contributed by atoms with Crippen LogP contribution in [0, 0.1) is 5.92 Å². The fourth-order valence-corrected chi connectivity index (χ4v) is 3.73. The van der Waals surface area contributed by atoms with Gasteiger partial charge in [0.2, 0.25) is 11.7 Å². The molecular formula is C26H36N4O9. The molecule has 0 saturated carbocycles. The third kappa shape index (κ3) is 7.24. The Hall–Kier alpha value is -3.71. The molecule has 2 aromatic heterocycles. The van der Waals surface area contributed by atoms with E-state index >= 15 is 0 Å². The van der Waals surface area contributed by atoms with E-state index in [0.29, 0.717) is 24.7 Å². The number of benzene rings is 1. The Morgan fingerprint density at radius 3 is 2.15 bits per heavy atom. The summed E-state index contributed by atoms with van der Waals surface area (Å²) in [7, 11) is 1.46. The van der Waals surface area contributed by atoms with Crippen molar-refractivity contribution in [1.82, 2.24) is 20.0 Å². The molecule has 1 unspecified atom stereocenters. The van der Waals surface area contributed by atoms with Gasteiger partial charge >= 0.3 is 6.16 Å². The lowest BCUT2D eigenvalue weighted by atomic mass is 10.2.